The highest BCUT2D eigenvalue weighted by Crippen LogP contribution is 2.39. The molecule has 0 amide bonds. The highest BCUT2D eigenvalue weighted by molar-refractivity contribution is 5.31. The van der Waals surface area contributed by atoms with Crippen LogP contribution in [0.25, 0.3) is 0 Å². The van der Waals surface area contributed by atoms with Crippen molar-refractivity contribution in [2.45, 2.75) is 38.3 Å². The van der Waals surface area contributed by atoms with E-state index in [0.717, 1.165) is 18.5 Å². The Labute approximate surface area is 91.3 Å². The van der Waals surface area contributed by atoms with Crippen molar-refractivity contribution in [2.75, 3.05) is 6.54 Å². The lowest BCUT2D eigenvalue weighted by atomic mass is 9.78. The number of rotatable bonds is 1. The minimum absolute atomic E-state index is 0.248. The van der Waals surface area contributed by atoms with Gasteiger partial charge in [0.15, 0.2) is 0 Å². The molecule has 2 heteroatoms. The molecule has 1 unspecified atom stereocenters. The first-order chi connectivity index (χ1) is 6.96. The third kappa shape index (κ3) is 1.58. The summed E-state index contributed by atoms with van der Waals surface area (Å²) in [4.78, 5) is 0. The molecule has 1 heterocycles. The predicted molar refractivity (Wildman–Crippen MR) is 61.8 cm³/mol. The lowest BCUT2D eigenvalue weighted by Crippen LogP contribution is -2.49. The fourth-order valence-electron chi connectivity index (χ4n) is 2.35. The van der Waals surface area contributed by atoms with Crippen molar-refractivity contribution in [1.29, 1.82) is 0 Å². The molecule has 15 heavy (non-hydrogen) atoms. The molecular formula is C13H19NO. The van der Waals surface area contributed by atoms with Crippen molar-refractivity contribution >= 4 is 0 Å². The van der Waals surface area contributed by atoms with Crippen molar-refractivity contribution in [3.63, 3.8) is 0 Å². The molecule has 0 bridgehead atoms. The zero-order valence-electron chi connectivity index (χ0n) is 9.67. The summed E-state index contributed by atoms with van der Waals surface area (Å²) >= 11 is 0. The van der Waals surface area contributed by atoms with Gasteiger partial charge in [-0.05, 0) is 39.3 Å². The molecule has 0 radical (unpaired) electrons. The number of aliphatic hydroxyl groups is 1. The summed E-state index contributed by atoms with van der Waals surface area (Å²) in [5.74, 6) is 0. The van der Waals surface area contributed by atoms with E-state index in [2.05, 4.69) is 38.2 Å². The standard InChI is InChI=1S/C13H19NO/c1-10-4-6-11(7-5-10)13(15)8-9-14-12(13,2)3/h4-7,14-15H,8-9H2,1-3H3. The van der Waals surface area contributed by atoms with E-state index in [4.69, 9.17) is 0 Å². The molecule has 1 aromatic rings. The van der Waals surface area contributed by atoms with Crippen LogP contribution in [0.4, 0.5) is 0 Å². The normalized spacial score (nSPS) is 29.3. The summed E-state index contributed by atoms with van der Waals surface area (Å²) in [5.41, 5.74) is 1.26. The number of aryl methyl sites for hydroxylation is 1. The number of nitrogens with one attached hydrogen (secondary N) is 1. The average Bonchev–Trinajstić information content (AvgIpc) is 2.43. The first-order valence-corrected chi connectivity index (χ1v) is 5.50. The third-order valence-corrected chi connectivity index (χ3v) is 3.62. The maximum absolute atomic E-state index is 10.7. The van der Waals surface area contributed by atoms with Gasteiger partial charge in [-0.15, -0.1) is 0 Å². The molecule has 1 fully saturated rings. The van der Waals surface area contributed by atoms with E-state index in [9.17, 15) is 5.11 Å². The van der Waals surface area contributed by atoms with Gasteiger partial charge in [-0.1, -0.05) is 29.8 Å². The largest absolute Gasteiger partial charge is 0.383 e. The molecule has 1 aliphatic heterocycles. The van der Waals surface area contributed by atoms with Crippen molar-refractivity contribution in [1.82, 2.24) is 5.32 Å². The second kappa shape index (κ2) is 3.32. The fourth-order valence-corrected chi connectivity index (χ4v) is 2.35. The van der Waals surface area contributed by atoms with E-state index in [-0.39, 0.29) is 5.54 Å². The molecule has 1 saturated heterocycles. The first kappa shape index (κ1) is 10.7. The third-order valence-electron chi connectivity index (χ3n) is 3.62. The van der Waals surface area contributed by atoms with E-state index < -0.39 is 5.60 Å². The molecule has 0 saturated carbocycles. The Kier molecular flexibility index (Phi) is 2.36. The number of hydrogen-bond donors (Lipinski definition) is 2. The maximum Gasteiger partial charge on any atom is 0.108 e. The molecule has 2 rings (SSSR count). The molecule has 0 aromatic heterocycles. The van der Waals surface area contributed by atoms with Gasteiger partial charge in [-0.3, -0.25) is 0 Å². The minimum Gasteiger partial charge on any atom is -0.383 e. The Balaban J connectivity index is 2.41. The second-order valence-electron chi connectivity index (χ2n) is 5.03. The van der Waals surface area contributed by atoms with Gasteiger partial charge in [-0.25, -0.2) is 0 Å². The van der Waals surface area contributed by atoms with Gasteiger partial charge in [0.05, 0.1) is 0 Å². The Morgan fingerprint density at radius 1 is 1.20 bits per heavy atom. The Bertz CT molecular complexity index is 355. The molecule has 1 aromatic carbocycles. The zero-order chi connectivity index (χ0) is 11.1. The van der Waals surface area contributed by atoms with Crippen LogP contribution in [-0.4, -0.2) is 17.2 Å². The van der Waals surface area contributed by atoms with Crippen LogP contribution in [0.1, 0.15) is 31.4 Å². The summed E-state index contributed by atoms with van der Waals surface area (Å²) in [5, 5.41) is 14.1. The lowest BCUT2D eigenvalue weighted by molar-refractivity contribution is -0.0124. The fraction of sp³-hybridized carbons (Fsp3) is 0.538. The number of benzene rings is 1. The van der Waals surface area contributed by atoms with E-state index >= 15 is 0 Å². The van der Waals surface area contributed by atoms with E-state index in [0.29, 0.717) is 0 Å². The summed E-state index contributed by atoms with van der Waals surface area (Å²) in [6.45, 7) is 7.04. The van der Waals surface area contributed by atoms with Gasteiger partial charge < -0.3 is 10.4 Å². The van der Waals surface area contributed by atoms with Gasteiger partial charge in [0, 0.05) is 5.54 Å². The molecule has 1 aliphatic rings. The first-order valence-electron chi connectivity index (χ1n) is 5.50. The Morgan fingerprint density at radius 3 is 2.27 bits per heavy atom. The van der Waals surface area contributed by atoms with Gasteiger partial charge in [0.2, 0.25) is 0 Å². The summed E-state index contributed by atoms with van der Waals surface area (Å²) in [6, 6.07) is 8.18. The van der Waals surface area contributed by atoms with Crippen molar-refractivity contribution < 1.29 is 5.11 Å². The summed E-state index contributed by atoms with van der Waals surface area (Å²) in [6.07, 6.45) is 0.781. The lowest BCUT2D eigenvalue weighted by Gasteiger charge is -2.36. The average molecular weight is 205 g/mol. The van der Waals surface area contributed by atoms with Crippen LogP contribution >= 0.6 is 0 Å². The molecule has 0 spiro atoms. The van der Waals surface area contributed by atoms with Crippen LogP contribution in [0.3, 0.4) is 0 Å². The topological polar surface area (TPSA) is 32.3 Å². The van der Waals surface area contributed by atoms with Crippen molar-refractivity contribution in [3.05, 3.63) is 35.4 Å². The Morgan fingerprint density at radius 2 is 1.80 bits per heavy atom. The van der Waals surface area contributed by atoms with Crippen LogP contribution in [0.2, 0.25) is 0 Å². The molecular weight excluding hydrogens is 186 g/mol. The number of hydrogen-bond acceptors (Lipinski definition) is 2. The molecule has 2 nitrogen and oxygen atoms in total. The second-order valence-corrected chi connectivity index (χ2v) is 5.03. The van der Waals surface area contributed by atoms with Gasteiger partial charge in [0.25, 0.3) is 0 Å². The Hall–Kier alpha value is -0.860. The quantitative estimate of drug-likeness (QED) is 0.734. The molecule has 82 valence electrons. The highest BCUT2D eigenvalue weighted by atomic mass is 16.3. The minimum atomic E-state index is -0.735. The summed E-state index contributed by atoms with van der Waals surface area (Å²) < 4.78 is 0. The van der Waals surface area contributed by atoms with Gasteiger partial charge in [-0.2, -0.15) is 0 Å². The van der Waals surface area contributed by atoms with Crippen LogP contribution in [0.5, 0.6) is 0 Å². The van der Waals surface area contributed by atoms with Gasteiger partial charge >= 0.3 is 0 Å². The molecule has 2 N–H and O–H groups in total. The van der Waals surface area contributed by atoms with Crippen LogP contribution in [-0.2, 0) is 5.60 Å². The smallest absolute Gasteiger partial charge is 0.108 e. The van der Waals surface area contributed by atoms with Crippen LogP contribution in [0, 0.1) is 6.92 Å². The van der Waals surface area contributed by atoms with E-state index in [1.54, 1.807) is 0 Å². The SMILES string of the molecule is Cc1ccc(C2(O)CCNC2(C)C)cc1. The van der Waals surface area contributed by atoms with Crippen molar-refractivity contribution in [3.8, 4) is 0 Å². The van der Waals surface area contributed by atoms with E-state index in [1.807, 2.05) is 12.1 Å². The maximum atomic E-state index is 10.7. The molecule has 0 aliphatic carbocycles. The van der Waals surface area contributed by atoms with Crippen LogP contribution < -0.4 is 5.32 Å². The van der Waals surface area contributed by atoms with Crippen LogP contribution in [0.15, 0.2) is 24.3 Å². The molecule has 1 atom stereocenters. The van der Waals surface area contributed by atoms with Gasteiger partial charge in [0.1, 0.15) is 5.60 Å². The highest BCUT2D eigenvalue weighted by Gasteiger charge is 2.48. The monoisotopic (exact) mass is 205 g/mol. The zero-order valence-corrected chi connectivity index (χ0v) is 9.67. The predicted octanol–water partition coefficient (Wildman–Crippen LogP) is 1.95. The summed E-state index contributed by atoms with van der Waals surface area (Å²) in [7, 11) is 0. The van der Waals surface area contributed by atoms with Crippen molar-refractivity contribution in [2.24, 2.45) is 0 Å². The van der Waals surface area contributed by atoms with E-state index in [1.165, 1.54) is 5.56 Å².